The summed E-state index contributed by atoms with van der Waals surface area (Å²) < 4.78 is 38.9. The maximum atomic E-state index is 13.0. The van der Waals surface area contributed by atoms with E-state index in [0.717, 1.165) is 6.07 Å². The number of nitrogens with one attached hydrogen (secondary N) is 2. The lowest BCUT2D eigenvalue weighted by Crippen LogP contribution is -2.26. The highest BCUT2D eigenvalue weighted by atomic mass is 32.1. The van der Waals surface area contributed by atoms with Crippen molar-refractivity contribution in [3.05, 3.63) is 87.6 Å². The molecule has 0 aliphatic carbocycles. The van der Waals surface area contributed by atoms with E-state index in [1.54, 1.807) is 48.7 Å². The zero-order chi connectivity index (χ0) is 29.0. The van der Waals surface area contributed by atoms with E-state index >= 15 is 0 Å². The number of benzene rings is 2. The van der Waals surface area contributed by atoms with Crippen molar-refractivity contribution in [2.75, 3.05) is 19.8 Å². The van der Waals surface area contributed by atoms with Crippen LogP contribution in [0.15, 0.2) is 71.0 Å². The molecule has 1 aromatic heterocycles. The molecule has 4 N–H and O–H groups in total. The summed E-state index contributed by atoms with van der Waals surface area (Å²) in [5, 5.41) is 8.20. The number of nitrogens with zero attached hydrogens (tertiary/aromatic N) is 1. The number of amidine groups is 1. The highest BCUT2D eigenvalue weighted by Gasteiger charge is 2.32. The first-order valence-corrected chi connectivity index (χ1v) is 14.0. The molecule has 0 aliphatic heterocycles. The van der Waals surface area contributed by atoms with Crippen molar-refractivity contribution < 1.29 is 13.2 Å². The van der Waals surface area contributed by atoms with E-state index < -0.39 is 11.7 Å². The molecule has 38 heavy (non-hydrogen) atoms. The third kappa shape index (κ3) is 13.1. The number of nitrogens with two attached hydrogens (primary N) is 1. The van der Waals surface area contributed by atoms with E-state index in [0.29, 0.717) is 23.1 Å². The van der Waals surface area contributed by atoms with Gasteiger partial charge in [-0.3, -0.25) is 4.99 Å². The molecule has 0 bridgehead atoms. The van der Waals surface area contributed by atoms with Crippen LogP contribution in [0.25, 0.3) is 0 Å². The summed E-state index contributed by atoms with van der Waals surface area (Å²) in [5.74, 6) is 0.454. The Bertz CT molecular complexity index is 1020. The Hall–Kier alpha value is -2.84. The van der Waals surface area contributed by atoms with E-state index in [4.69, 9.17) is 5.73 Å². The highest BCUT2D eigenvalue weighted by Crippen LogP contribution is 2.31. The lowest BCUT2D eigenvalue weighted by molar-refractivity contribution is -0.138. The fraction of sp³-hybridized carbons (Fsp3) is 0.433. The molecule has 4 nitrogen and oxygen atoms in total. The number of rotatable bonds is 7. The first-order valence-electron chi connectivity index (χ1n) is 13.1. The molecule has 0 radical (unpaired) electrons. The van der Waals surface area contributed by atoms with Crippen LogP contribution >= 0.6 is 11.3 Å². The van der Waals surface area contributed by atoms with Gasteiger partial charge in [-0.25, -0.2) is 0 Å². The van der Waals surface area contributed by atoms with Gasteiger partial charge in [0.05, 0.1) is 5.56 Å². The van der Waals surface area contributed by atoms with Crippen LogP contribution in [0.5, 0.6) is 0 Å². The Morgan fingerprint density at radius 2 is 1.58 bits per heavy atom. The van der Waals surface area contributed by atoms with Crippen molar-refractivity contribution in [3.63, 3.8) is 0 Å². The van der Waals surface area contributed by atoms with Crippen LogP contribution in [0, 0.1) is 0 Å². The molecule has 0 aliphatic rings. The van der Waals surface area contributed by atoms with Gasteiger partial charge in [-0.2, -0.15) is 13.2 Å². The molecule has 0 saturated heterocycles. The Kier molecular flexibility index (Phi) is 18.7. The van der Waals surface area contributed by atoms with Gasteiger partial charge in [0.2, 0.25) is 0 Å². The van der Waals surface area contributed by atoms with Crippen LogP contribution in [-0.4, -0.2) is 19.9 Å². The number of anilines is 1. The zero-order valence-electron chi connectivity index (χ0n) is 23.8. The summed E-state index contributed by atoms with van der Waals surface area (Å²) in [7, 11) is 3.54. The number of para-hydroxylation sites is 1. The summed E-state index contributed by atoms with van der Waals surface area (Å²) in [6.07, 6.45) is -0.305. The summed E-state index contributed by atoms with van der Waals surface area (Å²) >= 11 is 1.79. The second-order valence-corrected chi connectivity index (χ2v) is 9.03. The quantitative estimate of drug-likeness (QED) is 0.157. The van der Waals surface area contributed by atoms with Gasteiger partial charge in [0.1, 0.15) is 5.84 Å². The van der Waals surface area contributed by atoms with Crippen LogP contribution in [0.4, 0.5) is 18.9 Å². The molecular weight excluding hydrogens is 505 g/mol. The third-order valence-corrected chi connectivity index (χ3v) is 6.37. The Labute approximate surface area is 231 Å². The number of unbranched alkanes of at least 4 members (excludes halogenated alkanes) is 2. The smallest absolute Gasteiger partial charge is 0.398 e. The molecule has 1 heterocycles. The zero-order valence-corrected chi connectivity index (χ0v) is 24.6. The van der Waals surface area contributed by atoms with Crippen LogP contribution in [0.1, 0.15) is 81.5 Å². The molecular formula is C30H45F3N4S. The maximum absolute atomic E-state index is 13.0. The van der Waals surface area contributed by atoms with Gasteiger partial charge in [0.25, 0.3) is 0 Å². The van der Waals surface area contributed by atoms with Crippen LogP contribution < -0.4 is 16.4 Å². The van der Waals surface area contributed by atoms with E-state index in [9.17, 15) is 13.2 Å². The summed E-state index contributed by atoms with van der Waals surface area (Å²) in [6.45, 7) is 10.6. The van der Waals surface area contributed by atoms with Crippen molar-refractivity contribution in [2.24, 2.45) is 4.99 Å². The maximum Gasteiger partial charge on any atom is 0.416 e. The van der Waals surface area contributed by atoms with E-state index in [1.807, 2.05) is 20.9 Å². The number of alkyl halides is 3. The summed E-state index contributed by atoms with van der Waals surface area (Å²) in [6, 6.07) is 17.2. The van der Waals surface area contributed by atoms with E-state index in [1.165, 1.54) is 36.3 Å². The molecule has 1 atom stereocenters. The second kappa shape index (κ2) is 20.2. The SMILES string of the molecule is CC.CCCCC.CN=C(NCc1ccccc1C(F)(F)F)c1ccccc1N.CNC(C)c1cccs1. The molecule has 212 valence electrons. The fourth-order valence-corrected chi connectivity index (χ4v) is 3.96. The summed E-state index contributed by atoms with van der Waals surface area (Å²) in [5.41, 5.74) is 6.54. The molecule has 0 saturated carbocycles. The molecule has 1 unspecified atom stereocenters. The molecule has 0 spiro atoms. The minimum Gasteiger partial charge on any atom is -0.398 e. The number of thiophene rings is 1. The molecule has 8 heteroatoms. The number of halogens is 3. The largest absolute Gasteiger partial charge is 0.416 e. The van der Waals surface area contributed by atoms with Gasteiger partial charge in [0.15, 0.2) is 0 Å². The predicted molar refractivity (Wildman–Crippen MR) is 160 cm³/mol. The summed E-state index contributed by atoms with van der Waals surface area (Å²) in [4.78, 5) is 5.47. The Morgan fingerprint density at radius 3 is 2.05 bits per heavy atom. The van der Waals surface area contributed by atoms with Crippen LogP contribution in [-0.2, 0) is 12.7 Å². The lowest BCUT2D eigenvalue weighted by Gasteiger charge is -2.15. The first-order chi connectivity index (χ1) is 18.2. The lowest BCUT2D eigenvalue weighted by atomic mass is 10.1. The minimum absolute atomic E-state index is 0.0106. The van der Waals surface area contributed by atoms with Crippen LogP contribution in [0.3, 0.4) is 0 Å². The second-order valence-electron chi connectivity index (χ2n) is 8.05. The van der Waals surface area contributed by atoms with E-state index in [2.05, 4.69) is 53.9 Å². The average Bonchev–Trinajstić information content (AvgIpc) is 3.47. The number of hydrogen-bond donors (Lipinski definition) is 3. The molecule has 0 fully saturated rings. The third-order valence-electron chi connectivity index (χ3n) is 5.32. The van der Waals surface area contributed by atoms with Gasteiger partial charge in [-0.05, 0) is 49.2 Å². The van der Waals surface area contributed by atoms with Gasteiger partial charge in [0, 0.05) is 35.8 Å². The van der Waals surface area contributed by atoms with Crippen molar-refractivity contribution in [1.82, 2.24) is 10.6 Å². The molecule has 3 aromatic rings. The average molecular weight is 551 g/mol. The fourth-order valence-electron chi connectivity index (χ4n) is 3.17. The van der Waals surface area contributed by atoms with Gasteiger partial charge < -0.3 is 16.4 Å². The van der Waals surface area contributed by atoms with Crippen LogP contribution in [0.2, 0.25) is 0 Å². The van der Waals surface area contributed by atoms with Crippen molar-refractivity contribution in [1.29, 1.82) is 0 Å². The highest BCUT2D eigenvalue weighted by molar-refractivity contribution is 7.10. The molecule has 3 rings (SSSR count). The van der Waals surface area contributed by atoms with Crippen molar-refractivity contribution in [3.8, 4) is 0 Å². The topological polar surface area (TPSA) is 62.4 Å². The van der Waals surface area contributed by atoms with Gasteiger partial charge >= 0.3 is 6.18 Å². The van der Waals surface area contributed by atoms with Gasteiger partial charge in [-0.15, -0.1) is 11.3 Å². The van der Waals surface area contributed by atoms with Crippen molar-refractivity contribution in [2.45, 2.75) is 72.6 Å². The van der Waals surface area contributed by atoms with E-state index in [-0.39, 0.29) is 12.1 Å². The standard InChI is InChI=1S/C16H16F3N3.C7H11NS.C5H12.C2H6/c1-21-15(12-7-3-5-9-14(12)20)22-10-11-6-2-4-8-13(11)16(17,18)19;1-6(8-2)7-4-3-5-9-7;1-3-5-4-2;1-2/h2-9H,10,20H2,1H3,(H,21,22);3-6,8H,1-2H3;3-5H2,1-2H3;1-2H3. The molecule has 0 amide bonds. The monoisotopic (exact) mass is 550 g/mol. The Balaban J connectivity index is 0.000000702. The Morgan fingerprint density at radius 1 is 0.974 bits per heavy atom. The number of aliphatic imine (C=N–C) groups is 1. The molecule has 2 aromatic carbocycles. The first kappa shape index (κ1) is 35.2. The normalized spacial score (nSPS) is 11.6. The number of hydrogen-bond acceptors (Lipinski definition) is 4. The predicted octanol–water partition coefficient (Wildman–Crippen LogP) is 8.71. The minimum atomic E-state index is -4.38. The number of nitrogen functional groups attached to an aromatic ring is 1. The van der Waals surface area contributed by atoms with Gasteiger partial charge in [-0.1, -0.05) is 83.4 Å². The van der Waals surface area contributed by atoms with Crippen molar-refractivity contribution >= 4 is 22.9 Å².